The smallest absolute Gasteiger partial charge is 0.309 e. The maximum absolute atomic E-state index is 11.5. The number of carbonyl (C=O) groups excluding carboxylic acids is 1. The molecule has 1 rings (SSSR count). The van der Waals surface area contributed by atoms with Crippen LogP contribution in [0.1, 0.15) is 33.1 Å². The second-order valence-corrected chi connectivity index (χ2v) is 3.93. The second-order valence-electron chi connectivity index (χ2n) is 3.93. The maximum atomic E-state index is 11.5. The van der Waals surface area contributed by atoms with Crippen LogP contribution in [0.15, 0.2) is 12.3 Å². The summed E-state index contributed by atoms with van der Waals surface area (Å²) < 4.78 is 5.02. The molecule has 0 unspecified atom stereocenters. The largest absolute Gasteiger partial charge is 0.466 e. The van der Waals surface area contributed by atoms with Gasteiger partial charge in [-0.15, -0.1) is 0 Å². The van der Waals surface area contributed by atoms with Crippen molar-refractivity contribution >= 4 is 5.97 Å². The molecule has 0 amide bonds. The number of piperidine rings is 1. The highest BCUT2D eigenvalue weighted by atomic mass is 16.5. The molecule has 0 N–H and O–H groups in total. The molecule has 0 radical (unpaired) electrons. The summed E-state index contributed by atoms with van der Waals surface area (Å²) in [6.45, 7) is 10.3. The van der Waals surface area contributed by atoms with Gasteiger partial charge < -0.3 is 9.64 Å². The average Bonchev–Trinajstić information content (AvgIpc) is 2.28. The standard InChI is InChI=1S/C12H21NO2/c1-4-10(3)13-8-6-11(7-9-13)12(14)15-5-2/h11H,3-9H2,1-2H3. The van der Waals surface area contributed by atoms with Crippen LogP contribution in [0, 0.1) is 5.92 Å². The minimum Gasteiger partial charge on any atom is -0.466 e. The Hall–Kier alpha value is -0.990. The van der Waals surface area contributed by atoms with E-state index in [4.69, 9.17) is 4.74 Å². The van der Waals surface area contributed by atoms with E-state index < -0.39 is 0 Å². The molecule has 1 saturated heterocycles. The number of hydrogen-bond donors (Lipinski definition) is 0. The molecule has 1 aliphatic heterocycles. The fourth-order valence-corrected chi connectivity index (χ4v) is 1.92. The van der Waals surface area contributed by atoms with Crippen LogP contribution in [-0.4, -0.2) is 30.6 Å². The lowest BCUT2D eigenvalue weighted by molar-refractivity contribution is -0.149. The topological polar surface area (TPSA) is 29.5 Å². The molecule has 3 nitrogen and oxygen atoms in total. The summed E-state index contributed by atoms with van der Waals surface area (Å²) in [5, 5.41) is 0. The Morgan fingerprint density at radius 2 is 2.00 bits per heavy atom. The van der Waals surface area contributed by atoms with Gasteiger partial charge in [0.2, 0.25) is 0 Å². The fourth-order valence-electron chi connectivity index (χ4n) is 1.92. The zero-order chi connectivity index (χ0) is 11.3. The summed E-state index contributed by atoms with van der Waals surface area (Å²) in [5.41, 5.74) is 1.18. The first-order valence-corrected chi connectivity index (χ1v) is 5.78. The predicted molar refractivity (Wildman–Crippen MR) is 60.4 cm³/mol. The highest BCUT2D eigenvalue weighted by Gasteiger charge is 2.25. The van der Waals surface area contributed by atoms with Gasteiger partial charge in [-0.05, 0) is 26.2 Å². The molecule has 0 bridgehead atoms. The predicted octanol–water partition coefficient (Wildman–Crippen LogP) is 2.19. The van der Waals surface area contributed by atoms with Crippen LogP contribution in [0.25, 0.3) is 0 Å². The van der Waals surface area contributed by atoms with Crippen LogP contribution < -0.4 is 0 Å². The summed E-state index contributed by atoms with van der Waals surface area (Å²) in [6.07, 6.45) is 2.79. The number of hydrogen-bond acceptors (Lipinski definition) is 3. The number of nitrogens with zero attached hydrogens (tertiary/aromatic N) is 1. The van der Waals surface area contributed by atoms with E-state index in [0.717, 1.165) is 32.4 Å². The summed E-state index contributed by atoms with van der Waals surface area (Å²) >= 11 is 0. The van der Waals surface area contributed by atoms with Gasteiger partial charge in [0.15, 0.2) is 0 Å². The lowest BCUT2D eigenvalue weighted by atomic mass is 9.96. The molecular weight excluding hydrogens is 190 g/mol. The van der Waals surface area contributed by atoms with E-state index in [0.29, 0.717) is 6.61 Å². The summed E-state index contributed by atoms with van der Waals surface area (Å²) in [7, 11) is 0. The minimum atomic E-state index is -0.0285. The number of allylic oxidation sites excluding steroid dienone is 1. The molecule has 15 heavy (non-hydrogen) atoms. The van der Waals surface area contributed by atoms with E-state index in [-0.39, 0.29) is 11.9 Å². The van der Waals surface area contributed by atoms with Crippen LogP contribution >= 0.6 is 0 Å². The second kappa shape index (κ2) is 5.79. The van der Waals surface area contributed by atoms with E-state index in [9.17, 15) is 4.79 Å². The van der Waals surface area contributed by atoms with Crippen molar-refractivity contribution < 1.29 is 9.53 Å². The Morgan fingerprint density at radius 1 is 1.40 bits per heavy atom. The quantitative estimate of drug-likeness (QED) is 0.668. The first-order valence-electron chi connectivity index (χ1n) is 5.78. The van der Waals surface area contributed by atoms with E-state index in [1.807, 2.05) is 6.92 Å². The number of rotatable bonds is 4. The first-order chi connectivity index (χ1) is 7.19. The monoisotopic (exact) mass is 211 g/mol. The number of ether oxygens (including phenoxy) is 1. The van der Waals surface area contributed by atoms with Gasteiger partial charge in [0.05, 0.1) is 12.5 Å². The molecule has 0 aromatic carbocycles. The molecule has 0 aromatic rings. The molecule has 0 saturated carbocycles. The van der Waals surface area contributed by atoms with Gasteiger partial charge in [-0.1, -0.05) is 13.5 Å². The van der Waals surface area contributed by atoms with Crippen molar-refractivity contribution in [2.24, 2.45) is 5.92 Å². The fraction of sp³-hybridized carbons (Fsp3) is 0.750. The first kappa shape index (κ1) is 12.1. The molecule has 3 heteroatoms. The molecule has 1 heterocycles. The Labute approximate surface area is 92.1 Å². The van der Waals surface area contributed by atoms with Crippen molar-refractivity contribution in [1.29, 1.82) is 0 Å². The third-order valence-corrected chi connectivity index (χ3v) is 2.97. The van der Waals surface area contributed by atoms with Crippen LogP contribution in [0.4, 0.5) is 0 Å². The molecule has 1 fully saturated rings. The van der Waals surface area contributed by atoms with Gasteiger partial charge in [0.1, 0.15) is 0 Å². The Kier molecular flexibility index (Phi) is 4.66. The van der Waals surface area contributed by atoms with Crippen molar-refractivity contribution in [3.63, 3.8) is 0 Å². The summed E-state index contributed by atoms with van der Waals surface area (Å²) in [6, 6.07) is 0. The van der Waals surface area contributed by atoms with E-state index >= 15 is 0 Å². The lowest BCUT2D eigenvalue weighted by Crippen LogP contribution is -2.36. The van der Waals surface area contributed by atoms with Gasteiger partial charge in [-0.3, -0.25) is 4.79 Å². The van der Waals surface area contributed by atoms with Gasteiger partial charge >= 0.3 is 5.97 Å². The average molecular weight is 211 g/mol. The van der Waals surface area contributed by atoms with Crippen molar-refractivity contribution in [2.75, 3.05) is 19.7 Å². The van der Waals surface area contributed by atoms with Crippen molar-refractivity contribution in [1.82, 2.24) is 4.90 Å². The van der Waals surface area contributed by atoms with Crippen molar-refractivity contribution in [3.05, 3.63) is 12.3 Å². The number of carbonyl (C=O) groups is 1. The zero-order valence-electron chi connectivity index (χ0n) is 9.79. The molecule has 86 valence electrons. The molecule has 0 atom stereocenters. The summed E-state index contributed by atoms with van der Waals surface area (Å²) in [4.78, 5) is 13.8. The van der Waals surface area contributed by atoms with Crippen LogP contribution in [0.3, 0.4) is 0 Å². The van der Waals surface area contributed by atoms with Gasteiger partial charge in [0.25, 0.3) is 0 Å². The summed E-state index contributed by atoms with van der Waals surface area (Å²) in [5.74, 6) is 0.0742. The van der Waals surface area contributed by atoms with Crippen LogP contribution in [0.5, 0.6) is 0 Å². The SMILES string of the molecule is C=C(CC)N1CCC(C(=O)OCC)CC1. The Balaban J connectivity index is 2.35. The lowest BCUT2D eigenvalue weighted by Gasteiger charge is -2.33. The van der Waals surface area contributed by atoms with Crippen molar-refractivity contribution in [2.45, 2.75) is 33.1 Å². The minimum absolute atomic E-state index is 0.0285. The molecule has 0 aromatic heterocycles. The Morgan fingerprint density at radius 3 is 2.47 bits per heavy atom. The maximum Gasteiger partial charge on any atom is 0.309 e. The van der Waals surface area contributed by atoms with Gasteiger partial charge in [-0.25, -0.2) is 0 Å². The van der Waals surface area contributed by atoms with Gasteiger partial charge in [-0.2, -0.15) is 0 Å². The normalized spacial score (nSPS) is 17.6. The van der Waals surface area contributed by atoms with E-state index in [1.165, 1.54) is 5.70 Å². The molecule has 1 aliphatic rings. The third-order valence-electron chi connectivity index (χ3n) is 2.97. The molecular formula is C12H21NO2. The number of likely N-dealkylation sites (tertiary alicyclic amines) is 1. The van der Waals surface area contributed by atoms with Crippen LogP contribution in [0.2, 0.25) is 0 Å². The third kappa shape index (κ3) is 3.26. The highest BCUT2D eigenvalue weighted by molar-refractivity contribution is 5.72. The van der Waals surface area contributed by atoms with Crippen molar-refractivity contribution in [3.8, 4) is 0 Å². The molecule has 0 aliphatic carbocycles. The van der Waals surface area contributed by atoms with Gasteiger partial charge in [0, 0.05) is 18.8 Å². The van der Waals surface area contributed by atoms with E-state index in [2.05, 4.69) is 18.4 Å². The number of esters is 1. The highest BCUT2D eigenvalue weighted by Crippen LogP contribution is 2.21. The van der Waals surface area contributed by atoms with E-state index in [1.54, 1.807) is 0 Å². The Bertz CT molecular complexity index is 230. The molecule has 0 spiro atoms. The van der Waals surface area contributed by atoms with Crippen LogP contribution in [-0.2, 0) is 9.53 Å². The zero-order valence-corrected chi connectivity index (χ0v) is 9.79.